The number of carbonyl (C=O) groups is 2. The molecule has 26 heavy (non-hydrogen) atoms. The number of nitrogens with zero attached hydrogens (tertiary/aromatic N) is 4. The zero-order valence-electron chi connectivity index (χ0n) is 14.1. The van der Waals surface area contributed by atoms with Crippen LogP contribution in [0.1, 0.15) is 16.3 Å². The van der Waals surface area contributed by atoms with Crippen LogP contribution in [0.2, 0.25) is 0 Å². The molecule has 1 N–H and O–H groups in total. The predicted octanol–water partition coefficient (Wildman–Crippen LogP) is 1.59. The maximum absolute atomic E-state index is 13.7. The van der Waals surface area contributed by atoms with Crippen molar-refractivity contribution in [2.24, 2.45) is 0 Å². The van der Waals surface area contributed by atoms with E-state index in [1.54, 1.807) is 11.8 Å². The summed E-state index contributed by atoms with van der Waals surface area (Å²) in [6, 6.07) is 4.80. The van der Waals surface area contributed by atoms with Gasteiger partial charge >= 0.3 is 0 Å². The first kappa shape index (κ1) is 17.7. The minimum atomic E-state index is -0.866. The third-order valence-corrected chi connectivity index (χ3v) is 4.05. The smallest absolute Gasteiger partial charge is 0.274 e. The molecule has 1 aromatic heterocycles. The van der Waals surface area contributed by atoms with Crippen molar-refractivity contribution in [2.45, 2.75) is 6.92 Å². The molecule has 2 amide bonds. The monoisotopic (exact) mass is 361 g/mol. The zero-order valence-corrected chi connectivity index (χ0v) is 14.1. The standard InChI is InChI=1S/C17H17F2N5O2/c1-11-20-14(17(26)22-16-12(18)3-2-4-13(16)19)9-15(21-11)24-7-5-23(10-25)6-8-24/h2-4,9-10H,5-8H2,1H3,(H,22,26). The molecule has 1 saturated heterocycles. The second-order valence-electron chi connectivity index (χ2n) is 5.84. The highest BCUT2D eigenvalue weighted by Crippen LogP contribution is 2.20. The number of halogens is 2. The molecule has 0 spiro atoms. The molecular formula is C17H17F2N5O2. The van der Waals surface area contributed by atoms with Gasteiger partial charge < -0.3 is 15.1 Å². The molecule has 0 bridgehead atoms. The lowest BCUT2D eigenvalue weighted by atomic mass is 10.2. The first-order valence-corrected chi connectivity index (χ1v) is 8.03. The SMILES string of the molecule is Cc1nc(C(=O)Nc2c(F)cccc2F)cc(N2CCN(C=O)CC2)n1. The zero-order chi connectivity index (χ0) is 18.7. The van der Waals surface area contributed by atoms with Gasteiger partial charge in [0.1, 0.15) is 34.7 Å². The molecule has 9 heteroatoms. The van der Waals surface area contributed by atoms with Crippen molar-refractivity contribution < 1.29 is 18.4 Å². The first-order valence-electron chi connectivity index (χ1n) is 8.03. The highest BCUT2D eigenvalue weighted by Gasteiger charge is 2.20. The number of benzene rings is 1. The number of hydrogen-bond acceptors (Lipinski definition) is 5. The molecule has 3 rings (SSSR count). The summed E-state index contributed by atoms with van der Waals surface area (Å²) in [5, 5.41) is 2.22. The van der Waals surface area contributed by atoms with Crippen LogP contribution in [0.4, 0.5) is 20.3 Å². The average Bonchev–Trinajstić information content (AvgIpc) is 2.64. The second kappa shape index (κ2) is 7.42. The van der Waals surface area contributed by atoms with Gasteiger partial charge in [-0.25, -0.2) is 18.7 Å². The summed E-state index contributed by atoms with van der Waals surface area (Å²) in [5.74, 6) is -1.57. The summed E-state index contributed by atoms with van der Waals surface area (Å²) in [7, 11) is 0. The van der Waals surface area contributed by atoms with Crippen molar-refractivity contribution >= 4 is 23.8 Å². The molecule has 1 aromatic carbocycles. The van der Waals surface area contributed by atoms with E-state index in [9.17, 15) is 18.4 Å². The summed E-state index contributed by atoms with van der Waals surface area (Å²) in [4.78, 5) is 35.1. The third-order valence-electron chi connectivity index (χ3n) is 4.05. The molecule has 0 radical (unpaired) electrons. The quantitative estimate of drug-likeness (QED) is 0.837. The van der Waals surface area contributed by atoms with Gasteiger partial charge in [-0.2, -0.15) is 0 Å². The van der Waals surface area contributed by atoms with E-state index in [-0.39, 0.29) is 5.69 Å². The molecule has 7 nitrogen and oxygen atoms in total. The Morgan fingerprint density at radius 3 is 2.42 bits per heavy atom. The Hall–Kier alpha value is -3.10. The van der Waals surface area contributed by atoms with Crippen molar-refractivity contribution in [1.29, 1.82) is 0 Å². The van der Waals surface area contributed by atoms with E-state index in [4.69, 9.17) is 0 Å². The molecule has 0 saturated carbocycles. The molecule has 0 aliphatic carbocycles. The van der Waals surface area contributed by atoms with Gasteiger partial charge in [0.15, 0.2) is 0 Å². The van der Waals surface area contributed by atoms with Crippen LogP contribution in [-0.2, 0) is 4.79 Å². The largest absolute Gasteiger partial charge is 0.353 e. The number of aromatic nitrogens is 2. The van der Waals surface area contributed by atoms with Crippen molar-refractivity contribution in [3.05, 3.63) is 47.4 Å². The number of hydrogen-bond donors (Lipinski definition) is 1. The number of rotatable bonds is 4. The number of aryl methyl sites for hydroxylation is 1. The molecule has 0 atom stereocenters. The van der Waals surface area contributed by atoms with E-state index in [0.29, 0.717) is 37.8 Å². The minimum Gasteiger partial charge on any atom is -0.353 e. The fraction of sp³-hybridized carbons (Fsp3) is 0.294. The van der Waals surface area contributed by atoms with E-state index in [2.05, 4.69) is 15.3 Å². The normalized spacial score (nSPS) is 14.3. The Morgan fingerprint density at radius 2 is 1.81 bits per heavy atom. The number of carbonyl (C=O) groups excluding carboxylic acids is 2. The fourth-order valence-electron chi connectivity index (χ4n) is 2.68. The summed E-state index contributed by atoms with van der Waals surface area (Å²) in [5.41, 5.74) is -0.511. The number of anilines is 2. The Kier molecular flexibility index (Phi) is 5.06. The van der Waals surface area contributed by atoms with Crippen molar-refractivity contribution in [3.8, 4) is 0 Å². The number of nitrogens with one attached hydrogen (secondary N) is 1. The van der Waals surface area contributed by atoms with E-state index in [0.717, 1.165) is 18.5 Å². The van der Waals surface area contributed by atoms with Gasteiger partial charge in [0.05, 0.1) is 0 Å². The lowest BCUT2D eigenvalue weighted by Crippen LogP contribution is -2.46. The average molecular weight is 361 g/mol. The van der Waals surface area contributed by atoms with Gasteiger partial charge in [0.2, 0.25) is 6.41 Å². The minimum absolute atomic E-state index is 0.00738. The molecule has 1 aliphatic heterocycles. The third kappa shape index (κ3) is 3.76. The lowest BCUT2D eigenvalue weighted by Gasteiger charge is -2.33. The Morgan fingerprint density at radius 1 is 1.15 bits per heavy atom. The lowest BCUT2D eigenvalue weighted by molar-refractivity contribution is -0.118. The van der Waals surface area contributed by atoms with Crippen LogP contribution in [0.25, 0.3) is 0 Å². The first-order chi connectivity index (χ1) is 12.5. The van der Waals surface area contributed by atoms with Crippen LogP contribution >= 0.6 is 0 Å². The topological polar surface area (TPSA) is 78.4 Å². The fourth-order valence-corrected chi connectivity index (χ4v) is 2.68. The van der Waals surface area contributed by atoms with E-state index < -0.39 is 23.2 Å². The molecule has 0 unspecified atom stereocenters. The summed E-state index contributed by atoms with van der Waals surface area (Å²) >= 11 is 0. The maximum Gasteiger partial charge on any atom is 0.274 e. The van der Waals surface area contributed by atoms with Crippen LogP contribution in [0.3, 0.4) is 0 Å². The van der Waals surface area contributed by atoms with E-state index in [1.165, 1.54) is 12.1 Å². The van der Waals surface area contributed by atoms with Gasteiger partial charge in [0.25, 0.3) is 5.91 Å². The van der Waals surface area contributed by atoms with Crippen molar-refractivity contribution in [2.75, 3.05) is 36.4 Å². The molecule has 1 fully saturated rings. The summed E-state index contributed by atoms with van der Waals surface area (Å²) in [6.07, 6.45) is 0.796. The van der Waals surface area contributed by atoms with Crippen LogP contribution in [0, 0.1) is 18.6 Å². The Labute approximate surface area is 148 Å². The molecule has 2 aromatic rings. The number of piperazine rings is 1. The highest BCUT2D eigenvalue weighted by molar-refractivity contribution is 6.03. The highest BCUT2D eigenvalue weighted by atomic mass is 19.1. The Balaban J connectivity index is 1.81. The van der Waals surface area contributed by atoms with Gasteiger partial charge in [-0.15, -0.1) is 0 Å². The summed E-state index contributed by atoms with van der Waals surface area (Å²) in [6.45, 7) is 3.87. The van der Waals surface area contributed by atoms with Gasteiger partial charge in [0, 0.05) is 32.2 Å². The number of para-hydroxylation sites is 1. The maximum atomic E-state index is 13.7. The van der Waals surface area contributed by atoms with E-state index in [1.807, 2.05) is 4.90 Å². The molecular weight excluding hydrogens is 344 g/mol. The van der Waals surface area contributed by atoms with Crippen LogP contribution < -0.4 is 10.2 Å². The van der Waals surface area contributed by atoms with Crippen molar-refractivity contribution in [3.63, 3.8) is 0 Å². The van der Waals surface area contributed by atoms with Crippen LogP contribution in [0.15, 0.2) is 24.3 Å². The number of amides is 2. The predicted molar refractivity (Wildman–Crippen MR) is 90.9 cm³/mol. The Bertz CT molecular complexity index is 818. The van der Waals surface area contributed by atoms with Gasteiger partial charge in [-0.05, 0) is 19.1 Å². The summed E-state index contributed by atoms with van der Waals surface area (Å²) < 4.78 is 27.4. The second-order valence-corrected chi connectivity index (χ2v) is 5.84. The van der Waals surface area contributed by atoms with Crippen molar-refractivity contribution in [1.82, 2.24) is 14.9 Å². The molecule has 136 valence electrons. The molecule has 2 heterocycles. The van der Waals surface area contributed by atoms with Gasteiger partial charge in [-0.1, -0.05) is 6.07 Å². The van der Waals surface area contributed by atoms with E-state index >= 15 is 0 Å². The van der Waals surface area contributed by atoms with Crippen LogP contribution in [-0.4, -0.2) is 53.4 Å². The molecule has 1 aliphatic rings. The van der Waals surface area contributed by atoms with Gasteiger partial charge in [-0.3, -0.25) is 9.59 Å². The van der Waals surface area contributed by atoms with Crippen LogP contribution in [0.5, 0.6) is 0 Å².